The molecule has 3 aromatic rings. The summed E-state index contributed by atoms with van der Waals surface area (Å²) in [6.07, 6.45) is 8.02. The lowest BCUT2D eigenvalue weighted by Crippen LogP contribution is -2.15. The average molecular weight is 381 g/mol. The molecule has 0 saturated heterocycles. The van der Waals surface area contributed by atoms with E-state index in [2.05, 4.69) is 109 Å². The van der Waals surface area contributed by atoms with Crippen molar-refractivity contribution in [1.82, 2.24) is 0 Å². The summed E-state index contributed by atoms with van der Waals surface area (Å²) in [5, 5.41) is 0. The Hall–Kier alpha value is -3.52. The number of allylic oxidation sites excluding steroid dienone is 4. The fourth-order valence-corrected chi connectivity index (χ4v) is 3.26. The molecule has 0 amide bonds. The number of hydrogen-bond donors (Lipinski definition) is 0. The van der Waals surface area contributed by atoms with Crippen molar-refractivity contribution in [2.75, 3.05) is 16.8 Å². The van der Waals surface area contributed by atoms with E-state index in [4.69, 9.17) is 0 Å². The summed E-state index contributed by atoms with van der Waals surface area (Å²) in [5.74, 6) is 0. The Balaban J connectivity index is 1.98. The molecule has 0 saturated carbocycles. The van der Waals surface area contributed by atoms with Crippen LogP contribution in [0.25, 0.3) is 0 Å². The van der Waals surface area contributed by atoms with Crippen LogP contribution in [0, 0.1) is 6.92 Å². The van der Waals surface area contributed by atoms with Crippen LogP contribution in [0.2, 0.25) is 0 Å². The number of para-hydroxylation sites is 1. The first-order valence-electron chi connectivity index (χ1n) is 9.85. The number of nitrogens with zero attached hydrogens (tertiary/aromatic N) is 2. The Morgan fingerprint density at radius 3 is 2.03 bits per heavy atom. The van der Waals surface area contributed by atoms with E-state index < -0.39 is 0 Å². The number of benzene rings is 3. The number of hydrogen-bond acceptors (Lipinski definition) is 2. The number of aryl methyl sites for hydroxylation is 1. The Morgan fingerprint density at radius 2 is 1.41 bits per heavy atom. The van der Waals surface area contributed by atoms with E-state index in [9.17, 15) is 0 Å². The Morgan fingerprint density at radius 1 is 0.793 bits per heavy atom. The SMILES string of the molecule is C=C/C(=C\C=C/C)N(c1ccccc1)c1ccc(N(C)c2cccc(C)c2)cc1. The van der Waals surface area contributed by atoms with Crippen molar-refractivity contribution >= 4 is 22.7 Å². The molecule has 0 radical (unpaired) electrons. The zero-order valence-corrected chi connectivity index (χ0v) is 17.4. The van der Waals surface area contributed by atoms with Gasteiger partial charge in [0.1, 0.15) is 0 Å². The van der Waals surface area contributed by atoms with Gasteiger partial charge < -0.3 is 9.80 Å². The minimum Gasteiger partial charge on any atom is -0.345 e. The smallest absolute Gasteiger partial charge is 0.0463 e. The quantitative estimate of drug-likeness (QED) is 0.390. The second-order valence-electron chi connectivity index (χ2n) is 6.91. The third kappa shape index (κ3) is 4.85. The van der Waals surface area contributed by atoms with Crippen LogP contribution in [0.15, 0.2) is 115 Å². The van der Waals surface area contributed by atoms with Crippen LogP contribution in [-0.4, -0.2) is 7.05 Å². The lowest BCUT2D eigenvalue weighted by molar-refractivity contribution is 1.18. The van der Waals surface area contributed by atoms with Gasteiger partial charge in [-0.05, 0) is 80.1 Å². The van der Waals surface area contributed by atoms with Gasteiger partial charge in [-0.2, -0.15) is 0 Å². The molecule has 0 aliphatic rings. The molecule has 0 spiro atoms. The van der Waals surface area contributed by atoms with Gasteiger partial charge in [0.2, 0.25) is 0 Å². The highest BCUT2D eigenvalue weighted by molar-refractivity contribution is 5.73. The molecule has 0 N–H and O–H groups in total. The van der Waals surface area contributed by atoms with Gasteiger partial charge >= 0.3 is 0 Å². The monoisotopic (exact) mass is 380 g/mol. The van der Waals surface area contributed by atoms with Crippen molar-refractivity contribution in [2.45, 2.75) is 13.8 Å². The van der Waals surface area contributed by atoms with Crippen molar-refractivity contribution in [3.8, 4) is 0 Å². The Kier molecular flexibility index (Phi) is 6.70. The van der Waals surface area contributed by atoms with E-state index in [0.717, 1.165) is 22.8 Å². The Labute approximate surface area is 174 Å². The fraction of sp³-hybridized carbons (Fsp3) is 0.111. The third-order valence-corrected chi connectivity index (χ3v) is 4.83. The predicted molar refractivity (Wildman–Crippen MR) is 127 cm³/mol. The first-order valence-corrected chi connectivity index (χ1v) is 9.85. The summed E-state index contributed by atoms with van der Waals surface area (Å²) >= 11 is 0. The van der Waals surface area contributed by atoms with Crippen molar-refractivity contribution in [3.63, 3.8) is 0 Å². The Bertz CT molecular complexity index is 998. The molecule has 29 heavy (non-hydrogen) atoms. The average Bonchev–Trinajstić information content (AvgIpc) is 2.77. The summed E-state index contributed by atoms with van der Waals surface area (Å²) in [6.45, 7) is 8.16. The molecule has 0 aromatic heterocycles. The van der Waals surface area contributed by atoms with E-state index in [0.29, 0.717) is 0 Å². The maximum Gasteiger partial charge on any atom is 0.0463 e. The van der Waals surface area contributed by atoms with E-state index in [1.54, 1.807) is 0 Å². The molecule has 0 aliphatic carbocycles. The molecule has 146 valence electrons. The molecule has 3 aromatic carbocycles. The van der Waals surface area contributed by atoms with E-state index in [1.807, 2.05) is 31.2 Å². The first kappa shape index (κ1) is 20.2. The summed E-state index contributed by atoms with van der Waals surface area (Å²) in [5.41, 5.74) is 6.79. The van der Waals surface area contributed by atoms with E-state index in [-0.39, 0.29) is 0 Å². The van der Waals surface area contributed by atoms with Crippen LogP contribution in [0.4, 0.5) is 22.7 Å². The van der Waals surface area contributed by atoms with Crippen molar-refractivity contribution in [3.05, 3.63) is 121 Å². The van der Waals surface area contributed by atoms with Crippen LogP contribution in [0.5, 0.6) is 0 Å². The van der Waals surface area contributed by atoms with Crippen LogP contribution < -0.4 is 9.80 Å². The van der Waals surface area contributed by atoms with Gasteiger partial charge in [-0.1, -0.05) is 49.1 Å². The molecule has 2 heteroatoms. The molecule has 0 heterocycles. The lowest BCUT2D eigenvalue weighted by atomic mass is 10.1. The molecular weight excluding hydrogens is 352 g/mol. The summed E-state index contributed by atoms with van der Waals surface area (Å²) in [4.78, 5) is 4.41. The van der Waals surface area contributed by atoms with Gasteiger partial charge in [0.15, 0.2) is 0 Å². The summed E-state index contributed by atoms with van der Waals surface area (Å²) in [7, 11) is 2.10. The standard InChI is InChI=1S/C27H28N2/c1-5-7-13-23(6-2)29(25-14-9-8-10-15-25)26-19-17-24(18-20-26)28(4)27-16-11-12-22(3)21-27/h5-21H,2H2,1,3-4H3/b7-5-,23-13+. The normalized spacial score (nSPS) is 11.5. The molecule has 3 rings (SSSR count). The van der Waals surface area contributed by atoms with E-state index >= 15 is 0 Å². The highest BCUT2D eigenvalue weighted by atomic mass is 15.1. The van der Waals surface area contributed by atoms with Crippen molar-refractivity contribution < 1.29 is 0 Å². The molecule has 0 fully saturated rings. The van der Waals surface area contributed by atoms with Crippen LogP contribution in [0.3, 0.4) is 0 Å². The number of rotatable bonds is 7. The zero-order chi connectivity index (χ0) is 20.6. The highest BCUT2D eigenvalue weighted by Crippen LogP contribution is 2.33. The second kappa shape index (κ2) is 9.61. The predicted octanol–water partition coefficient (Wildman–Crippen LogP) is 7.55. The van der Waals surface area contributed by atoms with E-state index in [1.165, 1.54) is 11.3 Å². The minimum atomic E-state index is 1.02. The fourth-order valence-electron chi connectivity index (χ4n) is 3.26. The largest absolute Gasteiger partial charge is 0.345 e. The van der Waals surface area contributed by atoms with Crippen molar-refractivity contribution in [2.24, 2.45) is 0 Å². The van der Waals surface area contributed by atoms with Gasteiger partial charge in [0.25, 0.3) is 0 Å². The topological polar surface area (TPSA) is 6.48 Å². The highest BCUT2D eigenvalue weighted by Gasteiger charge is 2.13. The summed E-state index contributed by atoms with van der Waals surface area (Å²) < 4.78 is 0. The summed E-state index contributed by atoms with van der Waals surface area (Å²) in [6, 6.07) is 27.5. The number of anilines is 4. The van der Waals surface area contributed by atoms with Crippen LogP contribution in [-0.2, 0) is 0 Å². The van der Waals surface area contributed by atoms with Crippen molar-refractivity contribution in [1.29, 1.82) is 0 Å². The van der Waals surface area contributed by atoms with Gasteiger partial charge in [0.05, 0.1) is 0 Å². The van der Waals surface area contributed by atoms with Gasteiger partial charge in [-0.25, -0.2) is 0 Å². The second-order valence-corrected chi connectivity index (χ2v) is 6.91. The van der Waals surface area contributed by atoms with Crippen LogP contribution >= 0.6 is 0 Å². The molecule has 0 unspecified atom stereocenters. The first-order chi connectivity index (χ1) is 14.1. The van der Waals surface area contributed by atoms with Gasteiger partial charge in [0, 0.05) is 35.5 Å². The molecule has 2 nitrogen and oxygen atoms in total. The van der Waals surface area contributed by atoms with Gasteiger partial charge in [-0.3, -0.25) is 0 Å². The maximum atomic E-state index is 4.03. The molecule has 0 aliphatic heterocycles. The minimum absolute atomic E-state index is 1.02. The lowest BCUT2D eigenvalue weighted by Gasteiger charge is -2.27. The molecule has 0 bridgehead atoms. The third-order valence-electron chi connectivity index (χ3n) is 4.83. The molecular formula is C27H28N2. The van der Waals surface area contributed by atoms with Gasteiger partial charge in [-0.15, -0.1) is 0 Å². The van der Waals surface area contributed by atoms with Crippen LogP contribution in [0.1, 0.15) is 12.5 Å². The zero-order valence-electron chi connectivity index (χ0n) is 17.4. The maximum absolute atomic E-state index is 4.03. The molecule has 0 atom stereocenters.